The number of aryl methyl sites for hydroxylation is 2. The van der Waals surface area contributed by atoms with E-state index in [-0.39, 0.29) is 11.2 Å². The van der Waals surface area contributed by atoms with Crippen molar-refractivity contribution in [3.8, 4) is 0 Å². The van der Waals surface area contributed by atoms with Gasteiger partial charge < -0.3 is 14.6 Å². The van der Waals surface area contributed by atoms with E-state index in [9.17, 15) is 14.7 Å². The zero-order valence-corrected chi connectivity index (χ0v) is 15.1. The molecule has 2 heterocycles. The van der Waals surface area contributed by atoms with Crippen molar-refractivity contribution < 1.29 is 5.11 Å². The lowest BCUT2D eigenvalue weighted by Crippen LogP contribution is -2.42. The molecule has 0 aromatic carbocycles. The molecule has 0 atom stereocenters. The molecule has 134 valence electrons. The molecular formula is C16H27N5O3. The third kappa shape index (κ3) is 3.76. The molecule has 8 nitrogen and oxygen atoms in total. The molecule has 2 aromatic heterocycles. The number of fused-ring (bicyclic) bond motifs is 1. The van der Waals surface area contributed by atoms with Crippen LogP contribution in [0.1, 0.15) is 27.2 Å². The van der Waals surface area contributed by atoms with Crippen molar-refractivity contribution in [3.63, 3.8) is 0 Å². The van der Waals surface area contributed by atoms with Crippen LogP contribution in [-0.2, 0) is 20.6 Å². The molecule has 0 fully saturated rings. The molecule has 0 saturated carbocycles. The number of aromatic nitrogens is 4. The minimum atomic E-state index is -0.767. The van der Waals surface area contributed by atoms with Crippen LogP contribution in [0.2, 0.25) is 0 Å². The van der Waals surface area contributed by atoms with E-state index >= 15 is 0 Å². The fourth-order valence-electron chi connectivity index (χ4n) is 2.94. The second-order valence-corrected chi connectivity index (χ2v) is 6.86. The third-order valence-electron chi connectivity index (χ3n) is 4.11. The zero-order chi connectivity index (χ0) is 18.1. The van der Waals surface area contributed by atoms with Crippen LogP contribution < -0.4 is 11.2 Å². The predicted molar refractivity (Wildman–Crippen MR) is 93.2 cm³/mol. The Labute approximate surface area is 141 Å². The van der Waals surface area contributed by atoms with Crippen molar-refractivity contribution in [2.75, 3.05) is 19.6 Å². The van der Waals surface area contributed by atoms with Crippen LogP contribution in [0.5, 0.6) is 0 Å². The standard InChI is InChI=1S/C16H27N5O3/c1-6-20(10-16(2,3)24)8-7-9-21-14(22)12-13(17-11-18(12)4)19(5)15(21)23/h11,24H,6-10H2,1-5H3. The lowest BCUT2D eigenvalue weighted by molar-refractivity contribution is 0.0371. The van der Waals surface area contributed by atoms with Crippen molar-refractivity contribution in [2.45, 2.75) is 39.3 Å². The van der Waals surface area contributed by atoms with Crippen LogP contribution in [0, 0.1) is 0 Å². The summed E-state index contributed by atoms with van der Waals surface area (Å²) >= 11 is 0. The molecule has 0 aliphatic heterocycles. The average molecular weight is 337 g/mol. The first kappa shape index (κ1) is 18.4. The van der Waals surface area contributed by atoms with E-state index in [1.54, 1.807) is 32.5 Å². The number of likely N-dealkylation sites (N-methyl/N-ethyl adjacent to an activating group) is 1. The Morgan fingerprint density at radius 1 is 1.29 bits per heavy atom. The number of nitrogens with zero attached hydrogens (tertiary/aromatic N) is 5. The molecule has 24 heavy (non-hydrogen) atoms. The van der Waals surface area contributed by atoms with Gasteiger partial charge in [-0.25, -0.2) is 9.78 Å². The molecule has 0 aliphatic carbocycles. The van der Waals surface area contributed by atoms with Crippen molar-refractivity contribution >= 4 is 11.2 Å². The number of imidazole rings is 1. The first-order chi connectivity index (χ1) is 11.2. The van der Waals surface area contributed by atoms with E-state index in [0.29, 0.717) is 37.2 Å². The zero-order valence-electron chi connectivity index (χ0n) is 15.1. The Bertz CT molecular complexity index is 825. The first-order valence-corrected chi connectivity index (χ1v) is 8.21. The number of hydrogen-bond donors (Lipinski definition) is 1. The second-order valence-electron chi connectivity index (χ2n) is 6.86. The Balaban J connectivity index is 2.20. The predicted octanol–water partition coefficient (Wildman–Crippen LogP) is -0.0834. The van der Waals surface area contributed by atoms with Gasteiger partial charge in [-0.2, -0.15) is 0 Å². The Hall–Kier alpha value is -1.93. The van der Waals surface area contributed by atoms with Crippen LogP contribution in [-0.4, -0.2) is 53.9 Å². The number of hydrogen-bond acceptors (Lipinski definition) is 5. The summed E-state index contributed by atoms with van der Waals surface area (Å²) in [6.07, 6.45) is 2.19. The van der Waals surface area contributed by atoms with E-state index in [1.165, 1.54) is 15.5 Å². The Morgan fingerprint density at radius 2 is 1.96 bits per heavy atom. The molecule has 0 amide bonds. The number of aliphatic hydroxyl groups is 1. The quantitative estimate of drug-likeness (QED) is 0.764. The average Bonchev–Trinajstić information content (AvgIpc) is 2.88. The summed E-state index contributed by atoms with van der Waals surface area (Å²) in [4.78, 5) is 31.2. The van der Waals surface area contributed by atoms with Crippen LogP contribution >= 0.6 is 0 Å². The molecule has 2 rings (SSSR count). The molecule has 0 aliphatic rings. The third-order valence-corrected chi connectivity index (χ3v) is 4.11. The topological polar surface area (TPSA) is 85.3 Å². The Kier molecular flexibility index (Phi) is 5.29. The second kappa shape index (κ2) is 6.90. The largest absolute Gasteiger partial charge is 0.389 e. The van der Waals surface area contributed by atoms with E-state index in [4.69, 9.17) is 0 Å². The van der Waals surface area contributed by atoms with Crippen molar-refractivity contribution in [1.82, 2.24) is 23.6 Å². The lowest BCUT2D eigenvalue weighted by atomic mass is 10.1. The minimum Gasteiger partial charge on any atom is -0.389 e. The minimum absolute atomic E-state index is 0.307. The van der Waals surface area contributed by atoms with Gasteiger partial charge in [-0.3, -0.25) is 13.9 Å². The molecule has 8 heteroatoms. The molecule has 0 radical (unpaired) electrons. The maximum absolute atomic E-state index is 12.6. The summed E-state index contributed by atoms with van der Waals surface area (Å²) in [5.74, 6) is 0. The summed E-state index contributed by atoms with van der Waals surface area (Å²) < 4.78 is 4.31. The highest BCUT2D eigenvalue weighted by molar-refractivity contribution is 5.69. The van der Waals surface area contributed by atoms with Gasteiger partial charge in [0.2, 0.25) is 0 Å². The highest BCUT2D eigenvalue weighted by Gasteiger charge is 2.18. The van der Waals surface area contributed by atoms with Crippen LogP contribution in [0.25, 0.3) is 11.2 Å². The number of rotatable bonds is 7. The molecular weight excluding hydrogens is 310 g/mol. The van der Waals surface area contributed by atoms with E-state index in [1.807, 2.05) is 6.92 Å². The van der Waals surface area contributed by atoms with Gasteiger partial charge in [0, 0.05) is 27.2 Å². The van der Waals surface area contributed by atoms with Gasteiger partial charge in [0.05, 0.1) is 11.9 Å². The maximum atomic E-state index is 12.6. The molecule has 0 unspecified atom stereocenters. The Morgan fingerprint density at radius 3 is 2.54 bits per heavy atom. The fourth-order valence-corrected chi connectivity index (χ4v) is 2.94. The van der Waals surface area contributed by atoms with Crippen LogP contribution in [0.3, 0.4) is 0 Å². The normalized spacial score (nSPS) is 12.5. The van der Waals surface area contributed by atoms with Gasteiger partial charge in [-0.15, -0.1) is 0 Å². The van der Waals surface area contributed by atoms with Gasteiger partial charge >= 0.3 is 5.69 Å². The van der Waals surface area contributed by atoms with Gasteiger partial charge in [-0.05, 0) is 33.4 Å². The smallest absolute Gasteiger partial charge is 0.332 e. The SMILES string of the molecule is CCN(CCCn1c(=O)c2c(ncn2C)n(C)c1=O)CC(C)(C)O. The summed E-state index contributed by atoms with van der Waals surface area (Å²) in [6, 6.07) is 0. The van der Waals surface area contributed by atoms with E-state index in [0.717, 1.165) is 6.54 Å². The van der Waals surface area contributed by atoms with E-state index < -0.39 is 5.60 Å². The highest BCUT2D eigenvalue weighted by atomic mass is 16.3. The van der Waals surface area contributed by atoms with Crippen LogP contribution in [0.4, 0.5) is 0 Å². The molecule has 0 bridgehead atoms. The van der Waals surface area contributed by atoms with Crippen molar-refractivity contribution in [2.24, 2.45) is 14.1 Å². The lowest BCUT2D eigenvalue weighted by Gasteiger charge is -2.27. The van der Waals surface area contributed by atoms with Gasteiger partial charge in [0.15, 0.2) is 11.2 Å². The molecule has 0 saturated heterocycles. The van der Waals surface area contributed by atoms with Crippen LogP contribution in [0.15, 0.2) is 15.9 Å². The summed E-state index contributed by atoms with van der Waals surface area (Å²) in [5.41, 5.74) is -0.589. The summed E-state index contributed by atoms with van der Waals surface area (Å²) in [5, 5.41) is 9.93. The van der Waals surface area contributed by atoms with Gasteiger partial charge in [0.1, 0.15) is 0 Å². The van der Waals surface area contributed by atoms with Gasteiger partial charge in [-0.1, -0.05) is 6.92 Å². The summed E-state index contributed by atoms with van der Waals surface area (Å²) in [7, 11) is 3.37. The fraction of sp³-hybridized carbons (Fsp3) is 0.688. The van der Waals surface area contributed by atoms with E-state index in [2.05, 4.69) is 9.88 Å². The molecule has 2 aromatic rings. The molecule has 1 N–H and O–H groups in total. The monoisotopic (exact) mass is 337 g/mol. The first-order valence-electron chi connectivity index (χ1n) is 8.21. The van der Waals surface area contributed by atoms with Crippen molar-refractivity contribution in [3.05, 3.63) is 27.2 Å². The summed E-state index contributed by atoms with van der Waals surface area (Å²) in [6.45, 7) is 7.97. The van der Waals surface area contributed by atoms with Gasteiger partial charge in [0.25, 0.3) is 5.56 Å². The van der Waals surface area contributed by atoms with Crippen molar-refractivity contribution in [1.29, 1.82) is 0 Å². The molecule has 0 spiro atoms. The highest BCUT2D eigenvalue weighted by Crippen LogP contribution is 2.06. The maximum Gasteiger partial charge on any atom is 0.332 e.